The van der Waals surface area contributed by atoms with Crippen LogP contribution in [0.25, 0.3) is 0 Å². The first-order chi connectivity index (χ1) is 6.11. The van der Waals surface area contributed by atoms with Crippen LogP contribution in [0.2, 0.25) is 0 Å². The molecule has 0 aliphatic heterocycles. The van der Waals surface area contributed by atoms with Crippen LogP contribution in [0.15, 0.2) is 0 Å². The molecular weight excluding hydrogens is 174 g/mol. The first kappa shape index (κ1) is 11.9. The number of hydrogen-bond donors (Lipinski definition) is 3. The molecule has 4 N–H and O–H groups in total. The van der Waals surface area contributed by atoms with Crippen molar-refractivity contribution in [2.75, 3.05) is 14.2 Å². The first-order valence-corrected chi connectivity index (χ1v) is 3.90. The minimum absolute atomic E-state index is 0.147. The van der Waals surface area contributed by atoms with E-state index in [0.717, 1.165) is 0 Å². The Kier molecular flexibility index (Phi) is 5.82. The summed E-state index contributed by atoms with van der Waals surface area (Å²) < 4.78 is 4.50. The Hall–Kier alpha value is -1.14. The second-order valence-corrected chi connectivity index (χ2v) is 2.48. The summed E-state index contributed by atoms with van der Waals surface area (Å²) in [5.74, 6) is -0.859. The summed E-state index contributed by atoms with van der Waals surface area (Å²) in [6.07, 6.45) is 0.470. The lowest BCUT2D eigenvalue weighted by Gasteiger charge is -2.14. The van der Waals surface area contributed by atoms with Crippen molar-refractivity contribution in [2.24, 2.45) is 5.73 Å². The number of carbonyl (C=O) groups excluding carboxylic acids is 2. The highest BCUT2D eigenvalue weighted by atomic mass is 16.5. The van der Waals surface area contributed by atoms with Crippen molar-refractivity contribution in [1.29, 1.82) is 0 Å². The lowest BCUT2D eigenvalue weighted by molar-refractivity contribution is -0.143. The monoisotopic (exact) mass is 189 g/mol. The molecule has 0 heterocycles. The van der Waals surface area contributed by atoms with Gasteiger partial charge in [-0.15, -0.1) is 0 Å². The lowest BCUT2D eigenvalue weighted by Crippen LogP contribution is -2.44. The Bertz CT molecular complexity index is 184. The van der Waals surface area contributed by atoms with Gasteiger partial charge < -0.3 is 10.5 Å². The number of nitrogens with two attached hydrogens (primary N) is 1. The van der Waals surface area contributed by atoms with E-state index in [1.165, 1.54) is 7.11 Å². The fourth-order valence-electron chi connectivity index (χ4n) is 0.852. The molecule has 0 unspecified atom stereocenters. The lowest BCUT2D eigenvalue weighted by atomic mass is 10.1. The molecule has 0 saturated carbocycles. The summed E-state index contributed by atoms with van der Waals surface area (Å²) in [7, 11) is 2.91. The van der Waals surface area contributed by atoms with Gasteiger partial charge in [-0.3, -0.25) is 15.0 Å². The van der Waals surface area contributed by atoms with Crippen molar-refractivity contribution < 1.29 is 14.3 Å². The zero-order valence-corrected chi connectivity index (χ0v) is 7.79. The number of esters is 1. The molecule has 0 radical (unpaired) electrons. The Labute approximate surface area is 76.8 Å². The fraction of sp³-hybridized carbons (Fsp3) is 0.714. The maximum atomic E-state index is 11.0. The van der Waals surface area contributed by atoms with Gasteiger partial charge in [-0.05, 0) is 13.5 Å². The van der Waals surface area contributed by atoms with Gasteiger partial charge in [0, 0.05) is 6.42 Å². The zero-order valence-electron chi connectivity index (χ0n) is 7.79. The van der Waals surface area contributed by atoms with Gasteiger partial charge >= 0.3 is 5.97 Å². The topological polar surface area (TPSA) is 93.5 Å². The highest BCUT2D eigenvalue weighted by Gasteiger charge is 2.18. The second-order valence-electron chi connectivity index (χ2n) is 2.48. The third kappa shape index (κ3) is 5.15. The molecule has 76 valence electrons. The van der Waals surface area contributed by atoms with E-state index in [9.17, 15) is 9.59 Å². The third-order valence-electron chi connectivity index (χ3n) is 1.48. The minimum atomic E-state index is -0.539. The molecule has 0 aromatic rings. The molecule has 0 bridgehead atoms. The van der Waals surface area contributed by atoms with Crippen LogP contribution in [-0.2, 0) is 14.3 Å². The highest BCUT2D eigenvalue weighted by Crippen LogP contribution is 1.97. The molecule has 0 aliphatic carbocycles. The van der Waals surface area contributed by atoms with Crippen LogP contribution < -0.4 is 16.6 Å². The van der Waals surface area contributed by atoms with Crippen molar-refractivity contribution >= 4 is 11.9 Å². The van der Waals surface area contributed by atoms with Gasteiger partial charge in [0.15, 0.2) is 0 Å². The van der Waals surface area contributed by atoms with Gasteiger partial charge in [0.2, 0.25) is 5.91 Å². The average molecular weight is 189 g/mol. The van der Waals surface area contributed by atoms with E-state index in [4.69, 9.17) is 5.73 Å². The number of primary amides is 1. The first-order valence-electron chi connectivity index (χ1n) is 3.90. The molecule has 6 nitrogen and oxygen atoms in total. The number of hydrogen-bond acceptors (Lipinski definition) is 5. The number of hydrazine groups is 1. The number of carbonyl (C=O) groups is 2. The molecule has 0 aromatic carbocycles. The molecule has 0 fully saturated rings. The second kappa shape index (κ2) is 6.38. The SMILES string of the molecule is CNN[C@@H](CCC(N)=O)C(=O)OC. The molecule has 1 atom stereocenters. The van der Waals surface area contributed by atoms with E-state index in [-0.39, 0.29) is 6.42 Å². The van der Waals surface area contributed by atoms with Crippen LogP contribution in [0.1, 0.15) is 12.8 Å². The fourth-order valence-corrected chi connectivity index (χ4v) is 0.852. The number of methoxy groups -OCH3 is 1. The molecule has 0 rings (SSSR count). The van der Waals surface area contributed by atoms with E-state index in [2.05, 4.69) is 15.6 Å². The van der Waals surface area contributed by atoms with Gasteiger partial charge in [-0.25, -0.2) is 5.43 Å². The van der Waals surface area contributed by atoms with Gasteiger partial charge in [0.05, 0.1) is 7.11 Å². The molecule has 0 saturated heterocycles. The van der Waals surface area contributed by atoms with Gasteiger partial charge in [-0.2, -0.15) is 0 Å². The Balaban J connectivity index is 3.93. The summed E-state index contributed by atoms with van der Waals surface area (Å²) in [5.41, 5.74) is 10.2. The largest absolute Gasteiger partial charge is 0.468 e. The van der Waals surface area contributed by atoms with E-state index in [1.54, 1.807) is 7.05 Å². The molecule has 0 aliphatic rings. The molecule has 13 heavy (non-hydrogen) atoms. The molecule has 0 spiro atoms. The molecule has 1 amide bonds. The summed E-state index contributed by atoms with van der Waals surface area (Å²) in [6, 6.07) is -0.539. The van der Waals surface area contributed by atoms with Gasteiger partial charge in [0.25, 0.3) is 0 Å². The van der Waals surface area contributed by atoms with Crippen LogP contribution in [0, 0.1) is 0 Å². The number of nitrogens with one attached hydrogen (secondary N) is 2. The standard InChI is InChI=1S/C7H15N3O3/c1-9-10-5(7(12)13-2)3-4-6(8)11/h5,9-10H,3-4H2,1-2H3,(H2,8,11)/t5-/m0/s1. The van der Waals surface area contributed by atoms with Crippen molar-refractivity contribution in [3.8, 4) is 0 Å². The van der Waals surface area contributed by atoms with Crippen molar-refractivity contribution in [3.05, 3.63) is 0 Å². The summed E-state index contributed by atoms with van der Waals surface area (Å²) in [5, 5.41) is 0. The van der Waals surface area contributed by atoms with Crippen molar-refractivity contribution in [2.45, 2.75) is 18.9 Å². The Morgan fingerprint density at radius 3 is 2.54 bits per heavy atom. The highest BCUT2D eigenvalue weighted by molar-refractivity contribution is 5.78. The summed E-state index contributed by atoms with van der Waals surface area (Å²) in [6.45, 7) is 0. The third-order valence-corrected chi connectivity index (χ3v) is 1.48. The minimum Gasteiger partial charge on any atom is -0.468 e. The van der Waals surface area contributed by atoms with Crippen LogP contribution in [0.3, 0.4) is 0 Å². The van der Waals surface area contributed by atoms with E-state index in [1.807, 2.05) is 0 Å². The number of rotatable bonds is 6. The van der Waals surface area contributed by atoms with Crippen LogP contribution in [-0.4, -0.2) is 32.1 Å². The molecular formula is C7H15N3O3. The van der Waals surface area contributed by atoms with Crippen molar-refractivity contribution in [3.63, 3.8) is 0 Å². The quantitative estimate of drug-likeness (QED) is 0.350. The molecule has 6 heteroatoms. The van der Waals surface area contributed by atoms with Gasteiger partial charge in [0.1, 0.15) is 6.04 Å². The Morgan fingerprint density at radius 2 is 2.15 bits per heavy atom. The predicted octanol–water partition coefficient (Wildman–Crippen LogP) is -1.48. The maximum Gasteiger partial charge on any atom is 0.324 e. The summed E-state index contributed by atoms with van der Waals surface area (Å²) in [4.78, 5) is 21.5. The number of ether oxygens (including phenoxy) is 1. The zero-order chi connectivity index (χ0) is 10.3. The predicted molar refractivity (Wildman–Crippen MR) is 46.4 cm³/mol. The number of amides is 1. The molecule has 0 aromatic heterocycles. The van der Waals surface area contributed by atoms with Gasteiger partial charge in [-0.1, -0.05) is 0 Å². The van der Waals surface area contributed by atoms with Crippen LogP contribution in [0.5, 0.6) is 0 Å². The van der Waals surface area contributed by atoms with Crippen LogP contribution >= 0.6 is 0 Å². The Morgan fingerprint density at radius 1 is 1.54 bits per heavy atom. The van der Waals surface area contributed by atoms with E-state index in [0.29, 0.717) is 6.42 Å². The summed E-state index contributed by atoms with van der Waals surface area (Å²) >= 11 is 0. The van der Waals surface area contributed by atoms with Crippen molar-refractivity contribution in [1.82, 2.24) is 10.9 Å². The average Bonchev–Trinajstić information content (AvgIpc) is 2.10. The smallest absolute Gasteiger partial charge is 0.324 e. The van der Waals surface area contributed by atoms with Crippen LogP contribution in [0.4, 0.5) is 0 Å². The van der Waals surface area contributed by atoms with E-state index < -0.39 is 17.9 Å². The normalized spacial score (nSPS) is 12.2. The maximum absolute atomic E-state index is 11.0. The van der Waals surface area contributed by atoms with E-state index >= 15 is 0 Å².